The Bertz CT molecular complexity index is 634. The molecule has 0 atom stereocenters. The van der Waals surface area contributed by atoms with E-state index in [-0.39, 0.29) is 5.97 Å². The number of nitrogens with two attached hydrogens (primary N) is 1. The number of esters is 1. The lowest BCUT2D eigenvalue weighted by Crippen LogP contribution is -2.18. The summed E-state index contributed by atoms with van der Waals surface area (Å²) in [7, 11) is 1.90. The van der Waals surface area contributed by atoms with Gasteiger partial charge in [-0.3, -0.25) is 0 Å². The van der Waals surface area contributed by atoms with Gasteiger partial charge in [-0.2, -0.15) is 0 Å². The lowest BCUT2D eigenvalue weighted by atomic mass is 10.1. The van der Waals surface area contributed by atoms with Gasteiger partial charge in [0.05, 0.1) is 30.1 Å². The van der Waals surface area contributed by atoms with Gasteiger partial charge in [-0.15, -0.1) is 0 Å². The third-order valence-corrected chi connectivity index (χ3v) is 3.14. The molecule has 0 aliphatic heterocycles. The summed E-state index contributed by atoms with van der Waals surface area (Å²) in [5, 5.41) is 0. The summed E-state index contributed by atoms with van der Waals surface area (Å²) >= 11 is 0. The zero-order valence-corrected chi connectivity index (χ0v) is 12.6. The number of aryl methyl sites for hydroxylation is 1. The van der Waals surface area contributed by atoms with Gasteiger partial charge in [-0.05, 0) is 44.2 Å². The zero-order valence-electron chi connectivity index (χ0n) is 12.6. The van der Waals surface area contributed by atoms with Crippen molar-refractivity contribution in [3.63, 3.8) is 0 Å². The molecule has 112 valence electrons. The predicted molar refractivity (Wildman–Crippen MR) is 82.4 cm³/mol. The second-order valence-electron chi connectivity index (χ2n) is 4.86. The van der Waals surface area contributed by atoms with Gasteiger partial charge in [0.25, 0.3) is 0 Å². The van der Waals surface area contributed by atoms with E-state index in [1.807, 2.05) is 31.0 Å². The van der Waals surface area contributed by atoms with Crippen LogP contribution in [0.25, 0.3) is 0 Å². The van der Waals surface area contributed by atoms with E-state index < -0.39 is 0 Å². The summed E-state index contributed by atoms with van der Waals surface area (Å²) in [4.78, 5) is 13.7. The molecule has 1 aromatic carbocycles. The second-order valence-corrected chi connectivity index (χ2v) is 4.86. The molecule has 0 bridgehead atoms. The minimum absolute atomic E-state index is 0.346. The molecule has 5 nitrogen and oxygen atoms in total. The maximum Gasteiger partial charge on any atom is 0.338 e. The third kappa shape index (κ3) is 3.56. The molecule has 0 amide bonds. The van der Waals surface area contributed by atoms with E-state index in [1.54, 1.807) is 25.1 Å². The fraction of sp³-hybridized carbons (Fsp3) is 0.312. The molecule has 2 rings (SSSR count). The highest BCUT2D eigenvalue weighted by Crippen LogP contribution is 2.25. The maximum absolute atomic E-state index is 11.8. The monoisotopic (exact) mass is 288 g/mol. The van der Waals surface area contributed by atoms with Crippen molar-refractivity contribution >= 4 is 17.3 Å². The number of ether oxygens (including phenoxy) is 1. The molecule has 21 heavy (non-hydrogen) atoms. The number of anilines is 2. The second kappa shape index (κ2) is 6.35. The molecule has 5 heteroatoms. The van der Waals surface area contributed by atoms with Crippen LogP contribution < -0.4 is 10.6 Å². The number of rotatable bonds is 5. The minimum atomic E-state index is -0.346. The average molecular weight is 288 g/mol. The van der Waals surface area contributed by atoms with Gasteiger partial charge in [0.15, 0.2) is 0 Å². The Morgan fingerprint density at radius 1 is 1.33 bits per heavy atom. The number of nitrogens with zero attached hydrogens (tertiary/aromatic N) is 1. The molecule has 0 aliphatic rings. The fourth-order valence-corrected chi connectivity index (χ4v) is 2.10. The molecule has 0 saturated carbocycles. The first-order valence-electron chi connectivity index (χ1n) is 6.84. The Kier molecular flexibility index (Phi) is 4.52. The van der Waals surface area contributed by atoms with Crippen molar-refractivity contribution < 1.29 is 13.9 Å². The summed E-state index contributed by atoms with van der Waals surface area (Å²) in [6.07, 6.45) is 0. The fourth-order valence-electron chi connectivity index (χ4n) is 2.10. The van der Waals surface area contributed by atoms with Crippen LogP contribution in [0.2, 0.25) is 0 Å². The molecule has 2 N–H and O–H groups in total. The molecule has 0 radical (unpaired) electrons. The number of carbonyl (C=O) groups excluding carboxylic acids is 1. The van der Waals surface area contributed by atoms with Crippen LogP contribution in [-0.4, -0.2) is 19.6 Å². The summed E-state index contributed by atoms with van der Waals surface area (Å²) in [5.41, 5.74) is 7.87. The standard InChI is InChI=1S/C16H20N2O3/c1-4-20-16(19)12-6-8-14(17)15(9-12)18(3)10-13-7-5-11(2)21-13/h5-9H,4,10,17H2,1-3H3. The molecule has 0 spiro atoms. The number of nitrogen functional groups attached to an aromatic ring is 1. The van der Waals surface area contributed by atoms with E-state index in [0.29, 0.717) is 24.4 Å². The summed E-state index contributed by atoms with van der Waals surface area (Å²) < 4.78 is 10.6. The van der Waals surface area contributed by atoms with Gasteiger partial charge in [0.1, 0.15) is 11.5 Å². The predicted octanol–water partition coefficient (Wildman–Crippen LogP) is 2.98. The van der Waals surface area contributed by atoms with Crippen molar-refractivity contribution in [1.82, 2.24) is 0 Å². The summed E-state index contributed by atoms with van der Waals surface area (Å²) in [6, 6.07) is 8.97. The number of furan rings is 1. The van der Waals surface area contributed by atoms with Crippen LogP contribution in [-0.2, 0) is 11.3 Å². The molecule has 0 saturated heterocycles. The van der Waals surface area contributed by atoms with Crippen molar-refractivity contribution in [1.29, 1.82) is 0 Å². The maximum atomic E-state index is 11.8. The van der Waals surface area contributed by atoms with Gasteiger partial charge in [-0.25, -0.2) is 4.79 Å². The SMILES string of the molecule is CCOC(=O)c1ccc(N)c(N(C)Cc2ccc(C)o2)c1. The Labute approximate surface area is 124 Å². The summed E-state index contributed by atoms with van der Waals surface area (Å²) in [6.45, 7) is 4.60. The van der Waals surface area contributed by atoms with E-state index in [2.05, 4.69) is 0 Å². The number of carbonyl (C=O) groups is 1. The van der Waals surface area contributed by atoms with Crippen molar-refractivity contribution in [2.75, 3.05) is 24.3 Å². The highest BCUT2D eigenvalue weighted by atomic mass is 16.5. The molecule has 2 aromatic rings. The van der Waals surface area contributed by atoms with Crippen molar-refractivity contribution in [3.05, 3.63) is 47.4 Å². The van der Waals surface area contributed by atoms with Crippen LogP contribution in [0, 0.1) is 6.92 Å². The molecule has 0 fully saturated rings. The smallest absolute Gasteiger partial charge is 0.338 e. The van der Waals surface area contributed by atoms with Crippen molar-refractivity contribution in [2.45, 2.75) is 20.4 Å². The highest BCUT2D eigenvalue weighted by Gasteiger charge is 2.13. The first-order valence-corrected chi connectivity index (χ1v) is 6.84. The summed E-state index contributed by atoms with van der Waals surface area (Å²) in [5.74, 6) is 1.36. The van der Waals surface area contributed by atoms with Gasteiger partial charge in [0.2, 0.25) is 0 Å². The molecule has 1 aromatic heterocycles. The highest BCUT2D eigenvalue weighted by molar-refractivity contribution is 5.92. The quantitative estimate of drug-likeness (QED) is 0.676. The Hall–Kier alpha value is -2.43. The first kappa shape index (κ1) is 15.0. The van der Waals surface area contributed by atoms with Crippen LogP contribution >= 0.6 is 0 Å². The number of hydrogen-bond acceptors (Lipinski definition) is 5. The number of benzene rings is 1. The Morgan fingerprint density at radius 3 is 2.71 bits per heavy atom. The molecule has 0 aliphatic carbocycles. The minimum Gasteiger partial charge on any atom is -0.464 e. The van der Waals surface area contributed by atoms with Crippen LogP contribution in [0.3, 0.4) is 0 Å². The largest absolute Gasteiger partial charge is 0.464 e. The Balaban J connectivity index is 2.21. The zero-order chi connectivity index (χ0) is 15.4. The van der Waals surface area contributed by atoms with Gasteiger partial charge in [-0.1, -0.05) is 0 Å². The molecule has 1 heterocycles. The first-order chi connectivity index (χ1) is 10.0. The van der Waals surface area contributed by atoms with E-state index in [4.69, 9.17) is 14.9 Å². The van der Waals surface area contributed by atoms with E-state index in [9.17, 15) is 4.79 Å². The lowest BCUT2D eigenvalue weighted by Gasteiger charge is -2.20. The van der Waals surface area contributed by atoms with E-state index in [1.165, 1.54) is 0 Å². The van der Waals surface area contributed by atoms with E-state index >= 15 is 0 Å². The van der Waals surface area contributed by atoms with Crippen molar-refractivity contribution in [2.24, 2.45) is 0 Å². The topological polar surface area (TPSA) is 68.7 Å². The van der Waals surface area contributed by atoms with Crippen LogP contribution in [0.5, 0.6) is 0 Å². The van der Waals surface area contributed by atoms with E-state index in [0.717, 1.165) is 17.2 Å². The molecular weight excluding hydrogens is 268 g/mol. The molecular formula is C16H20N2O3. The van der Waals surface area contributed by atoms with Gasteiger partial charge in [0, 0.05) is 7.05 Å². The number of hydrogen-bond donors (Lipinski definition) is 1. The van der Waals surface area contributed by atoms with Crippen LogP contribution in [0.15, 0.2) is 34.7 Å². The third-order valence-electron chi connectivity index (χ3n) is 3.14. The molecule has 0 unspecified atom stereocenters. The van der Waals surface area contributed by atoms with Gasteiger partial charge >= 0.3 is 5.97 Å². The van der Waals surface area contributed by atoms with Crippen LogP contribution in [0.4, 0.5) is 11.4 Å². The van der Waals surface area contributed by atoms with Crippen LogP contribution in [0.1, 0.15) is 28.8 Å². The van der Waals surface area contributed by atoms with Gasteiger partial charge < -0.3 is 19.8 Å². The Morgan fingerprint density at radius 2 is 2.10 bits per heavy atom. The average Bonchev–Trinajstić information content (AvgIpc) is 2.84. The normalized spacial score (nSPS) is 10.4. The lowest BCUT2D eigenvalue weighted by molar-refractivity contribution is 0.0526. The van der Waals surface area contributed by atoms with Crippen molar-refractivity contribution in [3.8, 4) is 0 Å².